The Labute approximate surface area is 543 Å². The quantitative estimate of drug-likeness (QED) is 0.0258. The van der Waals surface area contributed by atoms with Crippen LogP contribution in [0.4, 0.5) is 0 Å². The van der Waals surface area contributed by atoms with E-state index in [9.17, 15) is 29.9 Å². The van der Waals surface area contributed by atoms with Gasteiger partial charge in [-0.15, -0.1) is 6.42 Å². The molecule has 6 fully saturated rings. The Kier molecular flexibility index (Phi) is 29.0. The van der Waals surface area contributed by atoms with Crippen molar-refractivity contribution in [3.05, 3.63) is 144 Å². The fraction of sp³-hybridized carbons (Fsp3) is 0.433. The number of hydrogen-bond donors (Lipinski definition) is 4. The zero-order valence-electron chi connectivity index (χ0n) is 46.7. The molecule has 3 aromatic carbocycles. The second kappa shape index (κ2) is 34.2. The van der Waals surface area contributed by atoms with E-state index in [1.54, 1.807) is 18.2 Å². The van der Waals surface area contributed by atoms with Crippen molar-refractivity contribution >= 4 is 78.0 Å². The number of Topliss-reactive ketones (excluding diaryl/α,β-unsaturated/α-hetero) is 2. The van der Waals surface area contributed by atoms with Gasteiger partial charge in [0, 0.05) is 57.8 Å². The Balaban J connectivity index is 0.000000259. The van der Waals surface area contributed by atoms with Crippen LogP contribution in [-0.2, 0) is 63.5 Å². The molecule has 3 saturated heterocycles. The van der Waals surface area contributed by atoms with Gasteiger partial charge in [0.25, 0.3) is 5.91 Å². The molecule has 1 aromatic heterocycles. The maximum absolute atomic E-state index is 13.0. The zero-order valence-corrected chi connectivity index (χ0v) is 53.5. The maximum Gasteiger partial charge on any atom is 0.262 e. The van der Waals surface area contributed by atoms with Crippen LogP contribution < -0.4 is 5.32 Å². The van der Waals surface area contributed by atoms with Crippen LogP contribution in [0.15, 0.2) is 106 Å². The molecular weight excluding hydrogens is 1360 g/mol. The molecule has 14 nitrogen and oxygen atoms in total. The van der Waals surface area contributed by atoms with Crippen LogP contribution in [0.2, 0.25) is 0 Å². The number of aromatic nitrogens is 1. The number of nitrogens with zero attached hydrogens (tertiary/aromatic N) is 4. The molecule has 4 heterocycles. The topological polar surface area (TPSA) is 236 Å². The number of terminal acetylenes is 1. The monoisotopic (exact) mass is 1430 g/mol. The number of carbonyl (C=O) groups is 3. The van der Waals surface area contributed by atoms with E-state index in [1.165, 1.54) is 24.5 Å². The standard InChI is InChI=1S/C25H22BrN3O3.C20H21NO3.C15H16BrNO.C5H6O2.CH2I.CH4.V/c26-22-5-3-4-21(28-22)14-19(15-27)23(30)29-25(11-1-2-12-25)20-8-6-18(7-9-20)10-13-24(31)16-32-17-24;21-12-8-18(22)13-19(9-1-2-10-19)17-5-3-16(4-6-17)7-11-20(23)14-24-15-20;16-13-5-3-12(4-6-13)15(8-1-2-9-15)11-14(18)7-10-17;1-2-5(6)3-7-4-5;1-2;;/h3-9,14,31H,1-2,11-12,16-17H2,(H,29,30);3-6,23H,1-2,8-10,13-15H2;3-6H,1-2,7-9,11H2;1,6H,3-4H2;1H2;1H4;/q;;;;-1;;/b19-14+;;;;;;. The number of ether oxygens (including phenoxy) is 3. The van der Waals surface area contributed by atoms with Crippen LogP contribution in [0.5, 0.6) is 0 Å². The van der Waals surface area contributed by atoms with Crippen LogP contribution in [0.3, 0.4) is 0 Å². The van der Waals surface area contributed by atoms with E-state index in [-0.39, 0.29) is 93.2 Å². The number of nitrogens with one attached hydrogen (secondary N) is 1. The van der Waals surface area contributed by atoms with Gasteiger partial charge >= 0.3 is 0 Å². The Morgan fingerprint density at radius 3 is 1.38 bits per heavy atom. The van der Waals surface area contributed by atoms with Crippen LogP contribution >= 0.6 is 54.5 Å². The molecule has 4 N–H and O–H groups in total. The zero-order chi connectivity index (χ0) is 60.0. The third-order valence-electron chi connectivity index (χ3n) is 15.5. The molecule has 85 heavy (non-hydrogen) atoms. The third kappa shape index (κ3) is 20.6. The van der Waals surface area contributed by atoms with Crippen molar-refractivity contribution in [2.45, 2.75) is 143 Å². The van der Waals surface area contributed by atoms with E-state index in [0.717, 1.165) is 90.9 Å². The molecular formula is C67H71Br2IN5O9V-. The van der Waals surface area contributed by atoms with Crippen LogP contribution in [0, 0.1) is 74.9 Å². The number of hydrogen-bond acceptors (Lipinski definition) is 13. The van der Waals surface area contributed by atoms with E-state index in [1.807, 2.05) is 101 Å². The predicted octanol–water partition coefficient (Wildman–Crippen LogP) is 11.3. The summed E-state index contributed by atoms with van der Waals surface area (Å²) < 4.78 is 16.3. The van der Waals surface area contributed by atoms with Crippen LogP contribution in [0.1, 0.15) is 144 Å². The molecule has 445 valence electrons. The van der Waals surface area contributed by atoms with Crippen molar-refractivity contribution < 1.29 is 62.5 Å². The van der Waals surface area contributed by atoms with Crippen molar-refractivity contribution in [3.63, 3.8) is 0 Å². The number of nitriles is 3. The van der Waals surface area contributed by atoms with Gasteiger partial charge in [-0.3, -0.25) is 19.3 Å². The van der Waals surface area contributed by atoms with E-state index >= 15 is 0 Å². The second-order valence-electron chi connectivity index (χ2n) is 21.8. The van der Waals surface area contributed by atoms with Crippen molar-refractivity contribution in [3.8, 4) is 54.2 Å². The summed E-state index contributed by atoms with van der Waals surface area (Å²) in [5.74, 6) is 13.6. The number of carbonyl (C=O) groups excluding carboxylic acids is 3. The summed E-state index contributed by atoms with van der Waals surface area (Å²) in [6.07, 6.45) is 19.7. The summed E-state index contributed by atoms with van der Waals surface area (Å²) in [6, 6.07) is 35.2. The molecule has 3 aliphatic heterocycles. The molecule has 3 aliphatic carbocycles. The van der Waals surface area contributed by atoms with Gasteiger partial charge in [0.15, 0.2) is 16.8 Å². The normalized spacial score (nSPS) is 18.6. The Bertz CT molecular complexity index is 3220. The summed E-state index contributed by atoms with van der Waals surface area (Å²) in [5, 5.41) is 58.9. The van der Waals surface area contributed by atoms with Gasteiger partial charge in [0.05, 0.1) is 75.9 Å². The first-order valence-corrected chi connectivity index (χ1v) is 30.5. The van der Waals surface area contributed by atoms with Gasteiger partial charge in [-0.25, -0.2) is 4.98 Å². The van der Waals surface area contributed by atoms with Crippen molar-refractivity contribution in [2.24, 2.45) is 0 Å². The minimum Gasteiger partial charge on any atom is -0.373 e. The minimum absolute atomic E-state index is 0. The fourth-order valence-electron chi connectivity index (χ4n) is 10.9. The van der Waals surface area contributed by atoms with Crippen molar-refractivity contribution in [1.29, 1.82) is 15.8 Å². The van der Waals surface area contributed by atoms with Gasteiger partial charge in [-0.1, -0.05) is 134 Å². The van der Waals surface area contributed by atoms with E-state index in [2.05, 4.69) is 93.6 Å². The molecule has 10 rings (SSSR count). The molecule has 0 bridgehead atoms. The van der Waals surface area contributed by atoms with Gasteiger partial charge in [-0.2, -0.15) is 15.8 Å². The number of aliphatic hydroxyl groups is 3. The first-order valence-electron chi connectivity index (χ1n) is 27.4. The Hall–Kier alpha value is -5.46. The number of rotatable bonds is 12. The molecule has 0 spiro atoms. The van der Waals surface area contributed by atoms with E-state index in [0.29, 0.717) is 36.4 Å². The Morgan fingerprint density at radius 1 is 0.624 bits per heavy atom. The molecule has 0 atom stereocenters. The first kappa shape index (κ1) is 72.0. The SMILES string of the molecule is C.C#CC1(O)COC1.N#C/C(=C\c1cccc(Br)n1)C(=O)NC1(c2ccc(C#CC3(O)COC3)cc2)CCCC1.N#CCC(=O)CC1(c2ccc(Br)cc2)CCCC1.N#CCC(=O)CC1(c2ccc(C#CC3(O)COC3)cc2)CCCC1.[CH2-]I.[V]. The Morgan fingerprint density at radius 2 is 1.02 bits per heavy atom. The first-order chi connectivity index (χ1) is 39.9. The average Bonchev–Trinajstić information content (AvgIpc) is 3.31. The van der Waals surface area contributed by atoms with Gasteiger partial charge in [-0.05, 0) is 126 Å². The summed E-state index contributed by atoms with van der Waals surface area (Å²) >= 11 is 8.64. The number of pyridine rings is 1. The van der Waals surface area contributed by atoms with Crippen molar-refractivity contribution in [1.82, 2.24) is 10.3 Å². The smallest absolute Gasteiger partial charge is 0.262 e. The summed E-state index contributed by atoms with van der Waals surface area (Å²) in [7, 11) is 0. The van der Waals surface area contributed by atoms with Crippen LogP contribution in [0.25, 0.3) is 6.08 Å². The summed E-state index contributed by atoms with van der Waals surface area (Å²) in [5.41, 5.74) is 1.90. The van der Waals surface area contributed by atoms with E-state index in [4.69, 9.17) is 31.5 Å². The van der Waals surface area contributed by atoms with Gasteiger partial charge < -0.3 is 57.4 Å². The third-order valence-corrected chi connectivity index (χ3v) is 16.5. The number of ketones is 2. The van der Waals surface area contributed by atoms with Crippen molar-refractivity contribution in [2.75, 3.05) is 39.6 Å². The largest absolute Gasteiger partial charge is 0.373 e. The molecule has 0 unspecified atom stereocenters. The van der Waals surface area contributed by atoms with Gasteiger partial charge in [0.1, 0.15) is 27.8 Å². The molecule has 6 aliphatic rings. The van der Waals surface area contributed by atoms with Gasteiger partial charge in [0.2, 0.25) is 0 Å². The predicted molar refractivity (Wildman–Crippen MR) is 337 cm³/mol. The second-order valence-corrected chi connectivity index (χ2v) is 23.5. The minimum atomic E-state index is -1.05. The van der Waals surface area contributed by atoms with Crippen LogP contribution in [-0.4, -0.2) is 94.2 Å². The average molecular weight is 1430 g/mol. The number of halogens is 3. The summed E-state index contributed by atoms with van der Waals surface area (Å²) in [6.45, 7) is 1.59. The number of benzene rings is 3. The molecule has 1 radical (unpaired) electrons. The molecule has 4 aromatic rings. The maximum atomic E-state index is 13.0. The fourth-order valence-corrected chi connectivity index (χ4v) is 11.5. The molecule has 18 heteroatoms. The molecule has 3 saturated carbocycles. The number of amides is 1. The summed E-state index contributed by atoms with van der Waals surface area (Å²) in [4.78, 5) is 44.3. The molecule has 1 amide bonds. The van der Waals surface area contributed by atoms with E-state index < -0.39 is 28.2 Å².